The Labute approximate surface area is 172 Å². The van der Waals surface area contributed by atoms with Crippen LogP contribution in [-0.2, 0) is 11.2 Å². The minimum atomic E-state index is -0.346. The Hall–Kier alpha value is -3.88. The Morgan fingerprint density at radius 1 is 1.27 bits per heavy atom. The van der Waals surface area contributed by atoms with Gasteiger partial charge in [0.2, 0.25) is 18.6 Å². The van der Waals surface area contributed by atoms with E-state index >= 15 is 0 Å². The van der Waals surface area contributed by atoms with Crippen LogP contribution in [0.5, 0.6) is 11.5 Å². The summed E-state index contributed by atoms with van der Waals surface area (Å²) in [5, 5.41) is 7.13. The summed E-state index contributed by atoms with van der Waals surface area (Å²) < 4.78 is 12.0. The first kappa shape index (κ1) is 19.4. The first-order valence-electron chi connectivity index (χ1n) is 9.58. The summed E-state index contributed by atoms with van der Waals surface area (Å²) in [7, 11) is 0. The van der Waals surface area contributed by atoms with Crippen LogP contribution < -0.4 is 20.3 Å². The number of amides is 1. The highest BCUT2D eigenvalue weighted by Crippen LogP contribution is 2.32. The average molecular weight is 407 g/mol. The van der Waals surface area contributed by atoms with Crippen molar-refractivity contribution < 1.29 is 14.3 Å². The van der Waals surface area contributed by atoms with Crippen LogP contribution in [0.15, 0.2) is 41.2 Å². The zero-order valence-corrected chi connectivity index (χ0v) is 16.6. The number of fused-ring (bicyclic) bond motifs is 1. The van der Waals surface area contributed by atoms with Gasteiger partial charge >= 0.3 is 0 Å². The van der Waals surface area contributed by atoms with Crippen LogP contribution in [-0.4, -0.2) is 32.4 Å². The van der Waals surface area contributed by atoms with Crippen LogP contribution in [0.1, 0.15) is 30.3 Å². The summed E-state index contributed by atoms with van der Waals surface area (Å²) in [5.74, 6) is 1.65. The molecule has 0 bridgehead atoms. The molecule has 0 aliphatic carbocycles. The number of aryl methyl sites for hydroxylation is 2. The number of benzene rings is 1. The number of aromatic nitrogens is 4. The lowest BCUT2D eigenvalue weighted by molar-refractivity contribution is -0.111. The van der Waals surface area contributed by atoms with Crippen molar-refractivity contribution >= 4 is 17.8 Å². The number of carbonyl (C=O) groups excluding carboxylic acids is 1. The molecule has 3 heterocycles. The highest BCUT2D eigenvalue weighted by Gasteiger charge is 2.14. The van der Waals surface area contributed by atoms with E-state index < -0.39 is 0 Å². The lowest BCUT2D eigenvalue weighted by Gasteiger charge is -2.08. The van der Waals surface area contributed by atoms with Crippen molar-refractivity contribution in [1.82, 2.24) is 19.7 Å². The molecule has 4 rings (SSSR count). The molecule has 30 heavy (non-hydrogen) atoms. The smallest absolute Gasteiger partial charge is 0.252 e. The van der Waals surface area contributed by atoms with Gasteiger partial charge in [0, 0.05) is 23.9 Å². The SMILES string of the molecule is CCCc1cc(=O)[nH]c(-n2nc(C)cc2NC(=O)/C=C/c2ccc3c(c2)OCO3)n1. The quantitative estimate of drug-likeness (QED) is 0.608. The molecule has 0 fully saturated rings. The van der Waals surface area contributed by atoms with E-state index in [1.807, 2.05) is 13.0 Å². The largest absolute Gasteiger partial charge is 0.454 e. The molecule has 1 aliphatic rings. The third-order valence-electron chi connectivity index (χ3n) is 4.40. The zero-order valence-electron chi connectivity index (χ0n) is 16.6. The monoisotopic (exact) mass is 407 g/mol. The fourth-order valence-corrected chi connectivity index (χ4v) is 3.08. The molecule has 9 heteroatoms. The van der Waals surface area contributed by atoms with Gasteiger partial charge in [0.05, 0.1) is 5.69 Å². The van der Waals surface area contributed by atoms with Gasteiger partial charge in [-0.2, -0.15) is 9.78 Å². The normalized spacial score (nSPS) is 12.5. The van der Waals surface area contributed by atoms with Gasteiger partial charge in [-0.25, -0.2) is 4.98 Å². The van der Waals surface area contributed by atoms with Gasteiger partial charge in [-0.15, -0.1) is 0 Å². The molecular formula is C21H21N5O4. The molecule has 1 amide bonds. The molecule has 1 aliphatic heterocycles. The van der Waals surface area contributed by atoms with E-state index in [1.54, 1.807) is 31.2 Å². The van der Waals surface area contributed by atoms with E-state index in [4.69, 9.17) is 9.47 Å². The number of nitrogens with zero attached hydrogens (tertiary/aromatic N) is 3. The number of rotatable bonds is 6. The first-order chi connectivity index (χ1) is 14.5. The van der Waals surface area contributed by atoms with Crippen LogP contribution >= 0.6 is 0 Å². The molecule has 9 nitrogen and oxygen atoms in total. The number of hydrogen-bond acceptors (Lipinski definition) is 6. The summed E-state index contributed by atoms with van der Waals surface area (Å²) in [5.41, 5.74) is 1.88. The summed E-state index contributed by atoms with van der Waals surface area (Å²) in [6.07, 6.45) is 4.63. The second-order valence-electron chi connectivity index (χ2n) is 6.83. The number of carbonyl (C=O) groups is 1. The Bertz CT molecular complexity index is 1180. The molecule has 2 aromatic heterocycles. The molecule has 1 aromatic carbocycles. The number of aromatic amines is 1. The molecule has 0 radical (unpaired) electrons. The molecule has 2 N–H and O–H groups in total. The average Bonchev–Trinajstić information content (AvgIpc) is 3.32. The molecule has 0 spiro atoms. The summed E-state index contributed by atoms with van der Waals surface area (Å²) in [6.45, 7) is 4.00. The first-order valence-corrected chi connectivity index (χ1v) is 9.58. The molecular weight excluding hydrogens is 386 g/mol. The van der Waals surface area contributed by atoms with Gasteiger partial charge in [0.15, 0.2) is 11.5 Å². The Kier molecular flexibility index (Phi) is 5.34. The number of ether oxygens (including phenoxy) is 2. The highest BCUT2D eigenvalue weighted by atomic mass is 16.7. The van der Waals surface area contributed by atoms with Crippen LogP contribution in [0.4, 0.5) is 5.82 Å². The van der Waals surface area contributed by atoms with Gasteiger partial charge in [-0.1, -0.05) is 19.4 Å². The van der Waals surface area contributed by atoms with Crippen molar-refractivity contribution in [1.29, 1.82) is 0 Å². The summed E-state index contributed by atoms with van der Waals surface area (Å²) in [4.78, 5) is 31.6. The molecule has 0 saturated carbocycles. The van der Waals surface area contributed by atoms with Crippen molar-refractivity contribution in [2.45, 2.75) is 26.7 Å². The maximum absolute atomic E-state index is 12.5. The van der Waals surface area contributed by atoms with E-state index in [-0.39, 0.29) is 24.2 Å². The molecule has 154 valence electrons. The van der Waals surface area contributed by atoms with E-state index in [1.165, 1.54) is 16.8 Å². The Morgan fingerprint density at radius 2 is 2.10 bits per heavy atom. The van der Waals surface area contributed by atoms with Crippen LogP contribution in [0.25, 0.3) is 12.0 Å². The number of nitrogens with one attached hydrogen (secondary N) is 2. The zero-order chi connectivity index (χ0) is 21.1. The maximum atomic E-state index is 12.5. The fourth-order valence-electron chi connectivity index (χ4n) is 3.08. The van der Waals surface area contributed by atoms with Crippen molar-refractivity contribution in [3.63, 3.8) is 0 Å². The Balaban J connectivity index is 1.54. The third-order valence-corrected chi connectivity index (χ3v) is 4.40. The highest BCUT2D eigenvalue weighted by molar-refractivity contribution is 6.01. The molecule has 0 saturated heterocycles. The maximum Gasteiger partial charge on any atom is 0.252 e. The lowest BCUT2D eigenvalue weighted by atomic mass is 10.2. The van der Waals surface area contributed by atoms with E-state index in [0.717, 1.165) is 12.0 Å². The second kappa shape index (κ2) is 8.24. The molecule has 0 atom stereocenters. The van der Waals surface area contributed by atoms with Gasteiger partial charge in [-0.05, 0) is 37.1 Å². The minimum absolute atomic E-state index is 0.196. The van der Waals surface area contributed by atoms with Crippen molar-refractivity contribution in [2.75, 3.05) is 12.1 Å². The third kappa shape index (κ3) is 4.24. The number of hydrogen-bond donors (Lipinski definition) is 2. The van der Waals surface area contributed by atoms with Crippen LogP contribution in [0, 0.1) is 6.92 Å². The van der Waals surface area contributed by atoms with Gasteiger partial charge in [0.25, 0.3) is 5.56 Å². The van der Waals surface area contributed by atoms with Gasteiger partial charge in [-0.3, -0.25) is 14.6 Å². The number of anilines is 1. The van der Waals surface area contributed by atoms with Crippen molar-refractivity contribution in [3.8, 4) is 17.4 Å². The predicted molar refractivity (Wildman–Crippen MR) is 111 cm³/mol. The standard InChI is InChI=1S/C21H21N5O4/c1-3-4-15-11-20(28)24-21(22-15)26-18(9-13(2)25-26)23-19(27)8-6-14-5-7-16-17(10-14)30-12-29-16/h5-11H,3-4,12H2,1-2H3,(H,23,27)(H,22,24,28)/b8-6+. The van der Waals surface area contributed by atoms with Crippen LogP contribution in [0.3, 0.4) is 0 Å². The van der Waals surface area contributed by atoms with Crippen molar-refractivity contribution in [2.24, 2.45) is 0 Å². The lowest BCUT2D eigenvalue weighted by Crippen LogP contribution is -2.18. The van der Waals surface area contributed by atoms with Gasteiger partial charge in [0.1, 0.15) is 5.82 Å². The van der Waals surface area contributed by atoms with Crippen molar-refractivity contribution in [3.05, 3.63) is 63.7 Å². The Morgan fingerprint density at radius 3 is 2.93 bits per heavy atom. The second-order valence-corrected chi connectivity index (χ2v) is 6.83. The van der Waals surface area contributed by atoms with E-state index in [9.17, 15) is 9.59 Å². The predicted octanol–water partition coefficient (Wildman–Crippen LogP) is 2.60. The fraction of sp³-hybridized carbons (Fsp3) is 0.238. The minimum Gasteiger partial charge on any atom is -0.454 e. The molecule has 3 aromatic rings. The summed E-state index contributed by atoms with van der Waals surface area (Å²) >= 11 is 0. The summed E-state index contributed by atoms with van der Waals surface area (Å²) in [6, 6.07) is 8.60. The van der Waals surface area contributed by atoms with E-state index in [0.29, 0.717) is 35.1 Å². The topological polar surface area (TPSA) is 111 Å². The van der Waals surface area contributed by atoms with Gasteiger partial charge < -0.3 is 14.8 Å². The van der Waals surface area contributed by atoms with Crippen LogP contribution in [0.2, 0.25) is 0 Å². The molecule has 0 unspecified atom stereocenters. The van der Waals surface area contributed by atoms with E-state index in [2.05, 4.69) is 20.4 Å². The number of H-pyrrole nitrogens is 1.